The topological polar surface area (TPSA) is 128 Å². The summed E-state index contributed by atoms with van der Waals surface area (Å²) in [4.78, 5) is 37.1. The zero-order valence-corrected chi connectivity index (χ0v) is 19.2. The third-order valence-corrected chi connectivity index (χ3v) is 7.05. The second kappa shape index (κ2) is 10.1. The van der Waals surface area contributed by atoms with Gasteiger partial charge in [-0.05, 0) is 42.8 Å². The first-order valence-corrected chi connectivity index (χ1v) is 11.4. The van der Waals surface area contributed by atoms with E-state index in [2.05, 4.69) is 10.1 Å². The van der Waals surface area contributed by atoms with Gasteiger partial charge in [0.2, 0.25) is 10.0 Å². The van der Waals surface area contributed by atoms with Gasteiger partial charge in [0, 0.05) is 18.7 Å². The number of esters is 2. The fraction of sp³-hybridized carbons (Fsp3) is 0.318. The van der Waals surface area contributed by atoms with Crippen molar-refractivity contribution >= 4 is 33.6 Å². The van der Waals surface area contributed by atoms with E-state index in [0.29, 0.717) is 18.8 Å². The molecule has 0 aromatic heterocycles. The zero-order valence-electron chi connectivity index (χ0n) is 18.4. The normalized spacial score (nSPS) is 14.4. The van der Waals surface area contributed by atoms with Crippen LogP contribution in [0.25, 0.3) is 0 Å². The number of benzene rings is 2. The van der Waals surface area contributed by atoms with Crippen LogP contribution >= 0.6 is 0 Å². The molecule has 1 aliphatic heterocycles. The standard InChI is InChI=1S/C22H24N2O8S/c1-14-4-6-16(33(28,29)24-8-10-32-11-9-24)13-18(14)20(25)23-19-12-15(21(26)30-2)5-7-17(19)22(27)31-3/h4-7,12-13H,8-11H2,1-3H3,(H,23,25). The molecule has 11 heteroatoms. The molecule has 0 atom stereocenters. The van der Waals surface area contributed by atoms with Crippen molar-refractivity contribution < 1.29 is 37.0 Å². The second-order valence-corrected chi connectivity index (χ2v) is 9.13. The van der Waals surface area contributed by atoms with Crippen molar-refractivity contribution in [2.24, 2.45) is 0 Å². The Morgan fingerprint density at radius 3 is 2.24 bits per heavy atom. The molecule has 0 saturated carbocycles. The number of ether oxygens (including phenoxy) is 3. The Kier molecular flexibility index (Phi) is 7.46. The predicted octanol–water partition coefficient (Wildman–Crippen LogP) is 1.84. The molecule has 1 amide bonds. The lowest BCUT2D eigenvalue weighted by atomic mass is 10.1. The van der Waals surface area contributed by atoms with Crippen LogP contribution in [0.2, 0.25) is 0 Å². The summed E-state index contributed by atoms with van der Waals surface area (Å²) in [7, 11) is -1.42. The summed E-state index contributed by atoms with van der Waals surface area (Å²) in [6.07, 6.45) is 0. The minimum absolute atomic E-state index is 0.0215. The number of hydrogen-bond acceptors (Lipinski definition) is 8. The predicted molar refractivity (Wildman–Crippen MR) is 118 cm³/mol. The summed E-state index contributed by atoms with van der Waals surface area (Å²) >= 11 is 0. The second-order valence-electron chi connectivity index (χ2n) is 7.19. The van der Waals surface area contributed by atoms with Gasteiger partial charge in [0.05, 0.1) is 49.1 Å². The van der Waals surface area contributed by atoms with E-state index < -0.39 is 27.9 Å². The molecule has 2 aromatic rings. The summed E-state index contributed by atoms with van der Waals surface area (Å²) in [6.45, 7) is 2.70. The first kappa shape index (κ1) is 24.4. The van der Waals surface area contributed by atoms with E-state index in [1.807, 2.05) is 0 Å². The molecule has 176 valence electrons. The summed E-state index contributed by atoms with van der Waals surface area (Å²) in [5, 5.41) is 2.58. The van der Waals surface area contributed by atoms with Gasteiger partial charge in [-0.2, -0.15) is 4.31 Å². The van der Waals surface area contributed by atoms with Gasteiger partial charge in [-0.3, -0.25) is 4.79 Å². The molecule has 1 saturated heterocycles. The van der Waals surface area contributed by atoms with Crippen LogP contribution in [0, 0.1) is 6.92 Å². The number of anilines is 1. The lowest BCUT2D eigenvalue weighted by Crippen LogP contribution is -2.40. The van der Waals surface area contributed by atoms with E-state index in [-0.39, 0.29) is 40.4 Å². The van der Waals surface area contributed by atoms with E-state index in [9.17, 15) is 22.8 Å². The van der Waals surface area contributed by atoms with Crippen LogP contribution in [0.5, 0.6) is 0 Å². The van der Waals surface area contributed by atoms with Gasteiger partial charge in [0.25, 0.3) is 5.91 Å². The van der Waals surface area contributed by atoms with Gasteiger partial charge >= 0.3 is 11.9 Å². The highest BCUT2D eigenvalue weighted by Crippen LogP contribution is 2.24. The molecule has 3 rings (SSSR count). The first-order chi connectivity index (χ1) is 15.7. The maximum Gasteiger partial charge on any atom is 0.339 e. The van der Waals surface area contributed by atoms with Crippen molar-refractivity contribution in [2.75, 3.05) is 45.8 Å². The maximum atomic E-state index is 13.1. The SMILES string of the molecule is COC(=O)c1ccc(C(=O)OC)c(NC(=O)c2cc(S(=O)(=O)N3CCOCC3)ccc2C)c1. The van der Waals surface area contributed by atoms with E-state index in [0.717, 1.165) is 0 Å². The molecule has 1 heterocycles. The van der Waals surface area contributed by atoms with E-state index in [1.165, 1.54) is 54.9 Å². The number of methoxy groups -OCH3 is 2. The monoisotopic (exact) mass is 476 g/mol. The number of sulfonamides is 1. The molecule has 1 N–H and O–H groups in total. The number of hydrogen-bond donors (Lipinski definition) is 1. The number of morpholine rings is 1. The fourth-order valence-electron chi connectivity index (χ4n) is 3.31. The number of rotatable bonds is 6. The maximum absolute atomic E-state index is 13.1. The first-order valence-electron chi connectivity index (χ1n) is 9.99. The van der Waals surface area contributed by atoms with E-state index in [1.54, 1.807) is 6.92 Å². The molecule has 10 nitrogen and oxygen atoms in total. The van der Waals surface area contributed by atoms with E-state index >= 15 is 0 Å². The summed E-state index contributed by atoms with van der Waals surface area (Å²) < 4.78 is 41.9. The minimum atomic E-state index is -3.82. The van der Waals surface area contributed by atoms with Crippen molar-refractivity contribution in [1.29, 1.82) is 0 Å². The quantitative estimate of drug-likeness (QED) is 0.626. The van der Waals surface area contributed by atoms with Crippen LogP contribution in [0.1, 0.15) is 36.6 Å². The Labute approximate surface area is 191 Å². The minimum Gasteiger partial charge on any atom is -0.465 e. The third-order valence-electron chi connectivity index (χ3n) is 5.16. The fourth-order valence-corrected chi connectivity index (χ4v) is 4.75. The molecule has 1 fully saturated rings. The summed E-state index contributed by atoms with van der Waals surface area (Å²) in [5.41, 5.74) is 0.783. The van der Waals surface area contributed by atoms with Crippen LogP contribution < -0.4 is 5.32 Å². The molecule has 2 aromatic carbocycles. The molecule has 0 unspecified atom stereocenters. The molecule has 1 aliphatic rings. The van der Waals surface area contributed by atoms with Crippen molar-refractivity contribution in [3.8, 4) is 0 Å². The summed E-state index contributed by atoms with van der Waals surface area (Å²) in [5.74, 6) is -2.03. The van der Waals surface area contributed by atoms with Crippen LogP contribution in [-0.4, -0.2) is 71.1 Å². The molecule has 0 bridgehead atoms. The molecule has 0 aliphatic carbocycles. The highest BCUT2D eigenvalue weighted by Gasteiger charge is 2.28. The lowest BCUT2D eigenvalue weighted by molar-refractivity contribution is 0.0587. The number of amides is 1. The highest BCUT2D eigenvalue weighted by molar-refractivity contribution is 7.89. The average molecular weight is 477 g/mol. The van der Waals surface area contributed by atoms with Crippen LogP contribution in [0.3, 0.4) is 0 Å². The summed E-state index contributed by atoms with van der Waals surface area (Å²) in [6, 6.07) is 8.26. The van der Waals surface area contributed by atoms with Gasteiger partial charge in [0.15, 0.2) is 0 Å². The van der Waals surface area contributed by atoms with Crippen LogP contribution in [0.15, 0.2) is 41.3 Å². The highest BCUT2D eigenvalue weighted by atomic mass is 32.2. The molecular weight excluding hydrogens is 452 g/mol. The number of nitrogens with one attached hydrogen (secondary N) is 1. The number of aryl methyl sites for hydroxylation is 1. The Morgan fingerprint density at radius 2 is 1.61 bits per heavy atom. The molecule has 33 heavy (non-hydrogen) atoms. The van der Waals surface area contributed by atoms with Crippen LogP contribution in [0.4, 0.5) is 5.69 Å². The van der Waals surface area contributed by atoms with Crippen molar-refractivity contribution in [3.63, 3.8) is 0 Å². The van der Waals surface area contributed by atoms with Gasteiger partial charge in [0.1, 0.15) is 0 Å². The number of nitrogens with zero attached hydrogens (tertiary/aromatic N) is 1. The van der Waals surface area contributed by atoms with Gasteiger partial charge in [-0.15, -0.1) is 0 Å². The van der Waals surface area contributed by atoms with Crippen LogP contribution in [-0.2, 0) is 24.2 Å². The lowest BCUT2D eigenvalue weighted by Gasteiger charge is -2.26. The molecular formula is C22H24N2O8S. The van der Waals surface area contributed by atoms with Gasteiger partial charge in [-0.1, -0.05) is 6.07 Å². The smallest absolute Gasteiger partial charge is 0.339 e. The molecule has 0 radical (unpaired) electrons. The molecule has 0 spiro atoms. The Balaban J connectivity index is 1.97. The number of carbonyl (C=O) groups excluding carboxylic acids is 3. The average Bonchev–Trinajstić information content (AvgIpc) is 2.83. The zero-order chi connectivity index (χ0) is 24.2. The third kappa shape index (κ3) is 5.21. The van der Waals surface area contributed by atoms with Gasteiger partial charge in [-0.25, -0.2) is 18.0 Å². The van der Waals surface area contributed by atoms with Crippen molar-refractivity contribution in [1.82, 2.24) is 4.31 Å². The van der Waals surface area contributed by atoms with Crippen molar-refractivity contribution in [2.45, 2.75) is 11.8 Å². The Hall–Kier alpha value is -3.28. The Morgan fingerprint density at radius 1 is 0.939 bits per heavy atom. The van der Waals surface area contributed by atoms with E-state index in [4.69, 9.17) is 9.47 Å². The number of carbonyl (C=O) groups is 3. The van der Waals surface area contributed by atoms with Gasteiger partial charge < -0.3 is 19.5 Å². The van der Waals surface area contributed by atoms with Crippen molar-refractivity contribution in [3.05, 3.63) is 58.7 Å². The largest absolute Gasteiger partial charge is 0.465 e. The Bertz CT molecular complexity index is 1190.